The maximum absolute atomic E-state index is 11.3. The van der Waals surface area contributed by atoms with E-state index in [9.17, 15) is 4.79 Å². The first-order chi connectivity index (χ1) is 6.20. The monoisotopic (exact) mass is 220 g/mol. The average molecular weight is 220 g/mol. The van der Waals surface area contributed by atoms with Crippen LogP contribution in [0.15, 0.2) is 0 Å². The molecule has 1 aliphatic heterocycles. The Morgan fingerprint density at radius 1 is 1.85 bits per heavy atom. The third-order valence-corrected chi connectivity index (χ3v) is 3.37. The van der Waals surface area contributed by atoms with Gasteiger partial charge in [0.2, 0.25) is 0 Å². The maximum atomic E-state index is 11.3. The molecule has 0 aromatic heterocycles. The van der Waals surface area contributed by atoms with Crippen LogP contribution in [-0.4, -0.2) is 47.2 Å². The van der Waals surface area contributed by atoms with Crippen LogP contribution in [0.2, 0.25) is 0 Å². The van der Waals surface area contributed by atoms with Crippen LogP contribution in [0.25, 0.3) is 0 Å². The first kappa shape index (κ1) is 10.7. The fourth-order valence-electron chi connectivity index (χ4n) is 1.14. The van der Waals surface area contributed by atoms with Crippen molar-refractivity contribution < 1.29 is 9.53 Å². The number of rotatable bonds is 2. The van der Waals surface area contributed by atoms with E-state index in [4.69, 9.17) is 18.0 Å². The van der Waals surface area contributed by atoms with Crippen LogP contribution < -0.4 is 5.73 Å². The molecule has 1 fully saturated rings. The average Bonchev–Trinajstić information content (AvgIpc) is 2.63. The van der Waals surface area contributed by atoms with Gasteiger partial charge in [0.1, 0.15) is 0 Å². The molecule has 0 unspecified atom stereocenters. The van der Waals surface area contributed by atoms with Crippen LogP contribution in [0.1, 0.15) is 0 Å². The standard InChI is InChI=1S/C7H12N2O2S2/c1-11-7(10)6-9(2-3-13-6)5(12)4-8/h6H,2-4,8H2,1H3/t6-/m0/s1. The minimum Gasteiger partial charge on any atom is -0.467 e. The Morgan fingerprint density at radius 2 is 2.54 bits per heavy atom. The normalized spacial score (nSPS) is 21.7. The highest BCUT2D eigenvalue weighted by molar-refractivity contribution is 8.00. The van der Waals surface area contributed by atoms with Crippen molar-refractivity contribution in [2.24, 2.45) is 5.73 Å². The van der Waals surface area contributed by atoms with E-state index in [1.807, 2.05) is 4.90 Å². The molecule has 0 aromatic carbocycles. The van der Waals surface area contributed by atoms with Gasteiger partial charge in [0.05, 0.1) is 12.1 Å². The zero-order valence-corrected chi connectivity index (χ0v) is 8.99. The van der Waals surface area contributed by atoms with Gasteiger partial charge in [-0.05, 0) is 0 Å². The van der Waals surface area contributed by atoms with Crippen LogP contribution in [0.3, 0.4) is 0 Å². The number of nitrogens with zero attached hydrogens (tertiary/aromatic N) is 1. The largest absolute Gasteiger partial charge is 0.467 e. The molecule has 0 aliphatic carbocycles. The molecule has 74 valence electrons. The zero-order valence-electron chi connectivity index (χ0n) is 7.36. The molecule has 0 amide bonds. The lowest BCUT2D eigenvalue weighted by Gasteiger charge is -2.23. The van der Waals surface area contributed by atoms with Crippen molar-refractivity contribution in [3.05, 3.63) is 0 Å². The number of carbonyl (C=O) groups excluding carboxylic acids is 1. The van der Waals surface area contributed by atoms with Gasteiger partial charge in [-0.15, -0.1) is 11.8 Å². The second-order valence-corrected chi connectivity index (χ2v) is 4.20. The Morgan fingerprint density at radius 3 is 3.08 bits per heavy atom. The molecule has 0 aromatic rings. The van der Waals surface area contributed by atoms with Gasteiger partial charge in [-0.1, -0.05) is 12.2 Å². The molecule has 2 N–H and O–H groups in total. The lowest BCUT2D eigenvalue weighted by atomic mass is 10.4. The highest BCUT2D eigenvalue weighted by Crippen LogP contribution is 2.24. The van der Waals surface area contributed by atoms with E-state index < -0.39 is 0 Å². The smallest absolute Gasteiger partial charge is 0.339 e. The van der Waals surface area contributed by atoms with Crippen molar-refractivity contribution in [3.8, 4) is 0 Å². The Kier molecular flexibility index (Phi) is 3.95. The second kappa shape index (κ2) is 4.78. The molecule has 0 bridgehead atoms. The Bertz CT molecular complexity index is 201. The van der Waals surface area contributed by atoms with Crippen molar-refractivity contribution in [3.63, 3.8) is 0 Å². The van der Waals surface area contributed by atoms with Crippen LogP contribution in [0, 0.1) is 0 Å². The van der Waals surface area contributed by atoms with E-state index in [1.165, 1.54) is 18.9 Å². The van der Waals surface area contributed by atoms with Gasteiger partial charge in [0.15, 0.2) is 5.37 Å². The summed E-state index contributed by atoms with van der Waals surface area (Å²) in [5, 5.41) is -0.291. The highest BCUT2D eigenvalue weighted by Gasteiger charge is 2.33. The van der Waals surface area contributed by atoms with Crippen LogP contribution in [-0.2, 0) is 9.53 Å². The Balaban J connectivity index is 2.63. The number of hydrogen-bond acceptors (Lipinski definition) is 5. The highest BCUT2D eigenvalue weighted by atomic mass is 32.2. The van der Waals surface area contributed by atoms with Gasteiger partial charge in [-0.3, -0.25) is 0 Å². The van der Waals surface area contributed by atoms with E-state index in [-0.39, 0.29) is 11.3 Å². The van der Waals surface area contributed by atoms with Crippen molar-refractivity contribution in [1.82, 2.24) is 4.90 Å². The SMILES string of the molecule is COC(=O)[C@@H]1SCCN1C(=S)CN. The molecule has 1 saturated heterocycles. The molecule has 13 heavy (non-hydrogen) atoms. The predicted molar refractivity (Wildman–Crippen MR) is 56.6 cm³/mol. The molecule has 0 radical (unpaired) electrons. The van der Waals surface area contributed by atoms with Crippen molar-refractivity contribution in [1.29, 1.82) is 0 Å². The maximum Gasteiger partial charge on any atom is 0.339 e. The molecular formula is C7H12N2O2S2. The van der Waals surface area contributed by atoms with E-state index in [0.29, 0.717) is 11.5 Å². The topological polar surface area (TPSA) is 55.6 Å². The fourth-order valence-corrected chi connectivity index (χ4v) is 2.57. The van der Waals surface area contributed by atoms with Crippen LogP contribution in [0.4, 0.5) is 0 Å². The molecule has 0 saturated carbocycles. The minimum atomic E-state index is -0.291. The second-order valence-electron chi connectivity index (χ2n) is 2.54. The van der Waals surface area contributed by atoms with Crippen LogP contribution >= 0.6 is 24.0 Å². The van der Waals surface area contributed by atoms with Gasteiger partial charge in [0, 0.05) is 18.8 Å². The third-order valence-electron chi connectivity index (χ3n) is 1.79. The molecule has 1 heterocycles. The summed E-state index contributed by atoms with van der Waals surface area (Å²) in [5.41, 5.74) is 5.41. The molecule has 1 atom stereocenters. The molecule has 4 nitrogen and oxygen atoms in total. The predicted octanol–water partition coefficient (Wildman–Crippen LogP) is -0.180. The molecular weight excluding hydrogens is 208 g/mol. The van der Waals surface area contributed by atoms with E-state index >= 15 is 0 Å². The lowest BCUT2D eigenvalue weighted by Crippen LogP contribution is -2.41. The van der Waals surface area contributed by atoms with Crippen molar-refractivity contribution in [2.75, 3.05) is 26.0 Å². The van der Waals surface area contributed by atoms with Gasteiger partial charge in [0.25, 0.3) is 0 Å². The number of methoxy groups -OCH3 is 1. The van der Waals surface area contributed by atoms with Crippen molar-refractivity contribution >= 4 is 34.9 Å². The Labute approximate surface area is 86.8 Å². The number of esters is 1. The summed E-state index contributed by atoms with van der Waals surface area (Å²) < 4.78 is 4.66. The van der Waals surface area contributed by atoms with E-state index in [1.54, 1.807) is 0 Å². The zero-order chi connectivity index (χ0) is 9.84. The summed E-state index contributed by atoms with van der Waals surface area (Å²) in [6, 6.07) is 0. The molecule has 6 heteroatoms. The number of thioether (sulfide) groups is 1. The summed E-state index contributed by atoms with van der Waals surface area (Å²) in [7, 11) is 1.38. The number of carbonyl (C=O) groups is 1. The van der Waals surface area contributed by atoms with E-state index in [2.05, 4.69) is 4.74 Å². The molecule has 1 aliphatic rings. The van der Waals surface area contributed by atoms with E-state index in [0.717, 1.165) is 12.3 Å². The Hall–Kier alpha value is -0.330. The first-order valence-electron chi connectivity index (χ1n) is 3.89. The molecule has 1 rings (SSSR count). The van der Waals surface area contributed by atoms with Gasteiger partial charge >= 0.3 is 5.97 Å². The summed E-state index contributed by atoms with van der Waals surface area (Å²) >= 11 is 6.57. The number of thiocarbonyl (C=S) groups is 1. The van der Waals surface area contributed by atoms with Crippen molar-refractivity contribution in [2.45, 2.75) is 5.37 Å². The van der Waals surface area contributed by atoms with Gasteiger partial charge in [-0.25, -0.2) is 4.79 Å². The summed E-state index contributed by atoms with van der Waals surface area (Å²) in [5.74, 6) is 0.637. The van der Waals surface area contributed by atoms with Gasteiger partial charge in [-0.2, -0.15) is 0 Å². The number of hydrogen-bond donors (Lipinski definition) is 1. The third kappa shape index (κ3) is 2.32. The summed E-state index contributed by atoms with van der Waals surface area (Å²) in [4.78, 5) is 13.7. The first-order valence-corrected chi connectivity index (χ1v) is 5.35. The molecule has 0 spiro atoms. The van der Waals surface area contributed by atoms with Crippen LogP contribution in [0.5, 0.6) is 0 Å². The number of ether oxygens (including phenoxy) is 1. The minimum absolute atomic E-state index is 0.252. The summed E-state index contributed by atoms with van der Waals surface area (Å²) in [6.45, 7) is 1.09. The fraction of sp³-hybridized carbons (Fsp3) is 0.714. The quantitative estimate of drug-likeness (QED) is 0.515. The lowest BCUT2D eigenvalue weighted by molar-refractivity contribution is -0.142. The van der Waals surface area contributed by atoms with Gasteiger partial charge < -0.3 is 15.4 Å². The summed E-state index contributed by atoms with van der Waals surface area (Å²) in [6.07, 6.45) is 0. The number of nitrogens with two attached hydrogens (primary N) is 1.